The van der Waals surface area contributed by atoms with Crippen molar-refractivity contribution >= 4 is 28.9 Å². The van der Waals surface area contributed by atoms with Crippen molar-refractivity contribution in [3.8, 4) is 11.3 Å². The van der Waals surface area contributed by atoms with Gasteiger partial charge in [0.25, 0.3) is 0 Å². The molecule has 1 fully saturated rings. The second kappa shape index (κ2) is 8.04. The number of benzene rings is 1. The standard InChI is InChI=1S/C23H28N4O2S/c1-14-9-16(7-8-17(14)20(28)10-15-5-6-15)19-12-24-22-18(25-13-23(2,3)29)11-21(30-4)26-27(19)22/h7-9,11-12,15,25,29H,5-6,10,13H2,1-4H3. The van der Waals surface area contributed by atoms with Crippen LogP contribution >= 0.6 is 11.8 Å². The number of aliphatic hydroxyl groups is 1. The van der Waals surface area contributed by atoms with Crippen LogP contribution in [0.15, 0.2) is 35.5 Å². The first kappa shape index (κ1) is 20.9. The highest BCUT2D eigenvalue weighted by Gasteiger charge is 2.25. The van der Waals surface area contributed by atoms with Crippen LogP contribution in [-0.4, -0.2) is 43.9 Å². The smallest absolute Gasteiger partial charge is 0.177 e. The lowest BCUT2D eigenvalue weighted by Gasteiger charge is -2.19. The summed E-state index contributed by atoms with van der Waals surface area (Å²) in [7, 11) is 0. The second-order valence-corrected chi connectivity index (χ2v) is 9.57. The van der Waals surface area contributed by atoms with Crippen LogP contribution < -0.4 is 5.32 Å². The fraction of sp³-hybridized carbons (Fsp3) is 0.435. The molecule has 0 amide bonds. The van der Waals surface area contributed by atoms with Crippen molar-refractivity contribution in [2.24, 2.45) is 5.92 Å². The molecule has 30 heavy (non-hydrogen) atoms. The molecule has 0 aliphatic heterocycles. The van der Waals surface area contributed by atoms with E-state index in [0.29, 0.717) is 24.5 Å². The number of nitrogens with zero attached hydrogens (tertiary/aromatic N) is 3. The van der Waals surface area contributed by atoms with E-state index in [1.165, 1.54) is 12.8 Å². The summed E-state index contributed by atoms with van der Waals surface area (Å²) in [6, 6.07) is 7.91. The monoisotopic (exact) mass is 424 g/mol. The summed E-state index contributed by atoms with van der Waals surface area (Å²) in [5, 5.41) is 18.9. The van der Waals surface area contributed by atoms with Gasteiger partial charge in [0.05, 0.1) is 23.2 Å². The average molecular weight is 425 g/mol. The Morgan fingerprint density at radius 1 is 1.33 bits per heavy atom. The molecule has 0 atom stereocenters. The van der Waals surface area contributed by atoms with E-state index in [9.17, 15) is 9.90 Å². The van der Waals surface area contributed by atoms with Crippen molar-refractivity contribution < 1.29 is 9.90 Å². The zero-order chi connectivity index (χ0) is 21.5. The Bertz CT molecular complexity index is 1100. The molecule has 0 saturated heterocycles. The summed E-state index contributed by atoms with van der Waals surface area (Å²) in [6.45, 7) is 5.92. The Hall–Kier alpha value is -2.38. The van der Waals surface area contributed by atoms with Gasteiger partial charge in [-0.2, -0.15) is 5.10 Å². The zero-order valence-electron chi connectivity index (χ0n) is 17.9. The molecule has 0 spiro atoms. The molecule has 2 heterocycles. The van der Waals surface area contributed by atoms with Crippen molar-refractivity contribution in [3.63, 3.8) is 0 Å². The van der Waals surface area contributed by atoms with Crippen LogP contribution in [0.3, 0.4) is 0 Å². The Kier molecular flexibility index (Phi) is 5.59. The Labute approximate surface area is 181 Å². The van der Waals surface area contributed by atoms with E-state index >= 15 is 0 Å². The number of hydrogen-bond acceptors (Lipinski definition) is 6. The minimum absolute atomic E-state index is 0.237. The van der Waals surface area contributed by atoms with E-state index in [1.54, 1.807) is 25.6 Å². The number of Topliss-reactive ketones (excluding diaryl/α,β-unsaturated/α-hetero) is 1. The summed E-state index contributed by atoms with van der Waals surface area (Å²) < 4.78 is 1.83. The average Bonchev–Trinajstić information content (AvgIpc) is 3.40. The Morgan fingerprint density at radius 3 is 2.73 bits per heavy atom. The highest BCUT2D eigenvalue weighted by molar-refractivity contribution is 7.98. The van der Waals surface area contributed by atoms with E-state index in [4.69, 9.17) is 5.10 Å². The summed E-state index contributed by atoms with van der Waals surface area (Å²) in [4.78, 5) is 17.1. The Morgan fingerprint density at radius 2 is 2.10 bits per heavy atom. The van der Waals surface area contributed by atoms with Crippen LogP contribution in [0, 0.1) is 12.8 Å². The topological polar surface area (TPSA) is 79.5 Å². The van der Waals surface area contributed by atoms with Crippen LogP contribution in [0.5, 0.6) is 0 Å². The van der Waals surface area contributed by atoms with E-state index < -0.39 is 5.60 Å². The highest BCUT2D eigenvalue weighted by atomic mass is 32.2. The van der Waals surface area contributed by atoms with Crippen LogP contribution in [-0.2, 0) is 0 Å². The first-order chi connectivity index (χ1) is 14.2. The van der Waals surface area contributed by atoms with E-state index in [-0.39, 0.29) is 5.78 Å². The number of anilines is 1. The molecule has 0 radical (unpaired) electrons. The number of imidazole rings is 1. The lowest BCUT2D eigenvalue weighted by Crippen LogP contribution is -2.29. The first-order valence-corrected chi connectivity index (χ1v) is 11.5. The number of ketones is 1. The number of rotatable bonds is 8. The molecule has 158 valence electrons. The molecule has 0 bridgehead atoms. The van der Waals surface area contributed by atoms with Gasteiger partial charge in [-0.15, -0.1) is 11.8 Å². The SMILES string of the molecule is CSc1cc(NCC(C)(C)O)c2ncc(-c3ccc(C(=O)CC4CC4)c(C)c3)n2n1. The quantitative estimate of drug-likeness (QED) is 0.407. The summed E-state index contributed by atoms with van der Waals surface area (Å²) in [6.07, 6.45) is 6.80. The van der Waals surface area contributed by atoms with Gasteiger partial charge in [-0.3, -0.25) is 4.79 Å². The number of aryl methyl sites for hydroxylation is 1. The van der Waals surface area contributed by atoms with Crippen molar-refractivity contribution in [3.05, 3.63) is 41.6 Å². The Balaban J connectivity index is 1.70. The normalized spacial score (nSPS) is 14.3. The third kappa shape index (κ3) is 4.52. The van der Waals surface area contributed by atoms with Gasteiger partial charge in [0.15, 0.2) is 11.4 Å². The maximum Gasteiger partial charge on any atom is 0.177 e. The fourth-order valence-corrected chi connectivity index (χ4v) is 3.91. The third-order valence-corrected chi connectivity index (χ3v) is 5.98. The molecule has 1 aliphatic carbocycles. The molecular weight excluding hydrogens is 396 g/mol. The molecule has 1 aliphatic rings. The molecular formula is C23H28N4O2S. The molecule has 2 N–H and O–H groups in total. The molecule has 4 rings (SSSR count). The van der Waals surface area contributed by atoms with E-state index in [2.05, 4.69) is 10.3 Å². The predicted molar refractivity (Wildman–Crippen MR) is 121 cm³/mol. The zero-order valence-corrected chi connectivity index (χ0v) is 18.7. The van der Waals surface area contributed by atoms with Gasteiger partial charge >= 0.3 is 0 Å². The molecule has 6 nitrogen and oxygen atoms in total. The third-order valence-electron chi connectivity index (χ3n) is 5.36. The predicted octanol–water partition coefficient (Wildman–Crippen LogP) is 4.59. The van der Waals surface area contributed by atoms with E-state index in [1.807, 2.05) is 48.2 Å². The highest BCUT2D eigenvalue weighted by Crippen LogP contribution is 2.34. The van der Waals surface area contributed by atoms with Crippen LogP contribution in [0.2, 0.25) is 0 Å². The van der Waals surface area contributed by atoms with Gasteiger partial charge in [-0.05, 0) is 63.5 Å². The summed E-state index contributed by atoms with van der Waals surface area (Å²) in [5.74, 6) is 0.819. The van der Waals surface area contributed by atoms with Crippen LogP contribution in [0.25, 0.3) is 16.9 Å². The van der Waals surface area contributed by atoms with Crippen molar-refractivity contribution in [2.75, 3.05) is 18.1 Å². The van der Waals surface area contributed by atoms with Crippen molar-refractivity contribution in [2.45, 2.75) is 50.7 Å². The minimum atomic E-state index is -0.838. The fourth-order valence-electron chi connectivity index (χ4n) is 3.51. The lowest BCUT2D eigenvalue weighted by atomic mass is 9.98. The van der Waals surface area contributed by atoms with Gasteiger partial charge in [-0.1, -0.05) is 12.1 Å². The summed E-state index contributed by atoms with van der Waals surface area (Å²) in [5.41, 5.74) is 4.34. The first-order valence-electron chi connectivity index (χ1n) is 10.3. The molecule has 1 aromatic carbocycles. The van der Waals surface area contributed by atoms with Gasteiger partial charge < -0.3 is 10.4 Å². The number of hydrogen-bond donors (Lipinski definition) is 2. The van der Waals surface area contributed by atoms with Crippen LogP contribution in [0.1, 0.15) is 49.0 Å². The number of carbonyl (C=O) groups excluding carboxylic acids is 1. The number of aromatic nitrogens is 3. The van der Waals surface area contributed by atoms with E-state index in [0.717, 1.165) is 33.1 Å². The molecule has 0 unspecified atom stereocenters. The molecule has 7 heteroatoms. The van der Waals surface area contributed by atoms with Crippen molar-refractivity contribution in [1.82, 2.24) is 14.6 Å². The maximum absolute atomic E-state index is 12.5. The summed E-state index contributed by atoms with van der Waals surface area (Å²) >= 11 is 1.55. The van der Waals surface area contributed by atoms with Gasteiger partial charge in [-0.25, -0.2) is 9.50 Å². The number of carbonyl (C=O) groups is 1. The van der Waals surface area contributed by atoms with Gasteiger partial charge in [0, 0.05) is 24.1 Å². The number of nitrogens with one attached hydrogen (secondary N) is 1. The lowest BCUT2D eigenvalue weighted by molar-refractivity contribution is 0.0943. The largest absolute Gasteiger partial charge is 0.389 e. The molecule has 1 saturated carbocycles. The van der Waals surface area contributed by atoms with Crippen LogP contribution in [0.4, 0.5) is 5.69 Å². The van der Waals surface area contributed by atoms with Gasteiger partial charge in [0.2, 0.25) is 0 Å². The van der Waals surface area contributed by atoms with Crippen molar-refractivity contribution in [1.29, 1.82) is 0 Å². The number of thioether (sulfide) groups is 1. The number of fused-ring (bicyclic) bond motifs is 1. The minimum Gasteiger partial charge on any atom is -0.389 e. The molecule has 3 aromatic rings. The maximum atomic E-state index is 12.5. The molecule has 2 aromatic heterocycles. The second-order valence-electron chi connectivity index (χ2n) is 8.75. The van der Waals surface area contributed by atoms with Gasteiger partial charge in [0.1, 0.15) is 5.03 Å².